The van der Waals surface area contributed by atoms with E-state index in [0.717, 1.165) is 24.9 Å². The summed E-state index contributed by atoms with van der Waals surface area (Å²) in [7, 11) is 1.64. The normalized spacial score (nSPS) is 18.4. The molecular weight excluding hydrogens is 287 g/mol. The van der Waals surface area contributed by atoms with E-state index in [1.165, 1.54) is 17.0 Å². The molecule has 1 N–H and O–H groups in total. The van der Waals surface area contributed by atoms with Gasteiger partial charge in [0.2, 0.25) is 5.91 Å². The molecule has 0 aromatic heterocycles. The number of hydrogen-bond donors (Lipinski definition) is 1. The molecule has 1 aromatic carbocycles. The van der Waals surface area contributed by atoms with Crippen LogP contribution in [0, 0.1) is 5.82 Å². The van der Waals surface area contributed by atoms with Gasteiger partial charge < -0.3 is 10.0 Å². The number of likely N-dealkylation sites (tertiary alicyclic amines) is 1. The summed E-state index contributed by atoms with van der Waals surface area (Å²) >= 11 is 0. The summed E-state index contributed by atoms with van der Waals surface area (Å²) in [5.74, 6) is -1.22. The van der Waals surface area contributed by atoms with Gasteiger partial charge in [-0.25, -0.2) is 4.39 Å². The lowest BCUT2D eigenvalue weighted by atomic mass is 10.1. The van der Waals surface area contributed by atoms with Gasteiger partial charge in [-0.3, -0.25) is 14.5 Å². The van der Waals surface area contributed by atoms with E-state index in [1.807, 2.05) is 0 Å². The van der Waals surface area contributed by atoms with Gasteiger partial charge in [0.25, 0.3) is 0 Å². The van der Waals surface area contributed by atoms with Gasteiger partial charge in [0.15, 0.2) is 0 Å². The van der Waals surface area contributed by atoms with Gasteiger partial charge in [0, 0.05) is 20.1 Å². The minimum Gasteiger partial charge on any atom is -0.481 e. The molecule has 1 aromatic rings. The molecule has 0 saturated carbocycles. The molecule has 120 valence electrons. The molecule has 2 rings (SSSR count). The predicted octanol–water partition coefficient (Wildman–Crippen LogP) is 1.72. The number of benzene rings is 1. The third kappa shape index (κ3) is 4.27. The number of carbonyl (C=O) groups is 2. The first-order chi connectivity index (χ1) is 10.5. The van der Waals surface area contributed by atoms with E-state index in [4.69, 9.17) is 5.11 Å². The molecule has 0 unspecified atom stereocenters. The van der Waals surface area contributed by atoms with Crippen molar-refractivity contribution >= 4 is 11.9 Å². The number of aliphatic carboxylic acids is 1. The van der Waals surface area contributed by atoms with E-state index in [2.05, 4.69) is 4.90 Å². The van der Waals surface area contributed by atoms with E-state index in [-0.39, 0.29) is 30.7 Å². The van der Waals surface area contributed by atoms with Gasteiger partial charge in [-0.05, 0) is 37.1 Å². The molecule has 1 saturated heterocycles. The van der Waals surface area contributed by atoms with Crippen LogP contribution in [0.1, 0.15) is 24.8 Å². The van der Waals surface area contributed by atoms with Crippen LogP contribution in [-0.2, 0) is 16.1 Å². The topological polar surface area (TPSA) is 60.9 Å². The Balaban J connectivity index is 1.95. The third-order valence-corrected chi connectivity index (χ3v) is 3.98. The van der Waals surface area contributed by atoms with E-state index in [0.29, 0.717) is 6.54 Å². The van der Waals surface area contributed by atoms with Crippen molar-refractivity contribution in [3.63, 3.8) is 0 Å². The van der Waals surface area contributed by atoms with E-state index < -0.39 is 5.97 Å². The Morgan fingerprint density at radius 1 is 1.36 bits per heavy atom. The lowest BCUT2D eigenvalue weighted by molar-refractivity contribution is -0.139. The van der Waals surface area contributed by atoms with Crippen LogP contribution in [0.25, 0.3) is 0 Å². The summed E-state index contributed by atoms with van der Waals surface area (Å²) in [6, 6.07) is 6.07. The fourth-order valence-electron chi connectivity index (χ4n) is 2.75. The first-order valence-electron chi connectivity index (χ1n) is 7.42. The Labute approximate surface area is 129 Å². The molecule has 0 bridgehead atoms. The molecule has 1 amide bonds. The summed E-state index contributed by atoms with van der Waals surface area (Å²) in [4.78, 5) is 26.6. The number of nitrogens with zero attached hydrogens (tertiary/aromatic N) is 2. The molecule has 1 heterocycles. The number of carboxylic acid groups (broad SMARTS) is 1. The van der Waals surface area contributed by atoms with Crippen LogP contribution in [0.5, 0.6) is 0 Å². The Kier molecular flexibility index (Phi) is 5.49. The minimum atomic E-state index is -0.908. The lowest BCUT2D eigenvalue weighted by Gasteiger charge is -2.27. The highest BCUT2D eigenvalue weighted by Crippen LogP contribution is 2.21. The van der Waals surface area contributed by atoms with Crippen LogP contribution in [0.2, 0.25) is 0 Å². The molecule has 0 spiro atoms. The number of amides is 1. The Bertz CT molecular complexity index is 533. The smallest absolute Gasteiger partial charge is 0.305 e. The maximum absolute atomic E-state index is 12.9. The number of rotatable bonds is 6. The maximum Gasteiger partial charge on any atom is 0.305 e. The molecule has 5 nitrogen and oxygen atoms in total. The molecule has 1 aliphatic heterocycles. The zero-order chi connectivity index (χ0) is 16.1. The summed E-state index contributed by atoms with van der Waals surface area (Å²) in [6.45, 7) is 1.64. The molecule has 1 fully saturated rings. The molecule has 1 atom stereocenters. The number of carboxylic acids is 1. The zero-order valence-corrected chi connectivity index (χ0v) is 12.7. The second-order valence-corrected chi connectivity index (χ2v) is 5.66. The fourth-order valence-corrected chi connectivity index (χ4v) is 2.75. The summed E-state index contributed by atoms with van der Waals surface area (Å²) in [5, 5.41) is 8.70. The predicted molar refractivity (Wildman–Crippen MR) is 79.7 cm³/mol. The second-order valence-electron chi connectivity index (χ2n) is 5.66. The largest absolute Gasteiger partial charge is 0.481 e. The molecule has 1 aliphatic rings. The third-order valence-electron chi connectivity index (χ3n) is 3.98. The average Bonchev–Trinajstić information content (AvgIpc) is 2.94. The highest BCUT2D eigenvalue weighted by atomic mass is 19.1. The fraction of sp³-hybridized carbons (Fsp3) is 0.500. The molecule has 0 aliphatic carbocycles. The van der Waals surface area contributed by atoms with Crippen molar-refractivity contribution in [2.24, 2.45) is 0 Å². The number of halogens is 1. The van der Waals surface area contributed by atoms with Crippen molar-refractivity contribution in [3.05, 3.63) is 35.6 Å². The molecular formula is C16H21FN2O3. The summed E-state index contributed by atoms with van der Waals surface area (Å²) < 4.78 is 12.9. The van der Waals surface area contributed by atoms with Gasteiger partial charge in [-0.2, -0.15) is 0 Å². The van der Waals surface area contributed by atoms with E-state index in [1.54, 1.807) is 19.2 Å². The van der Waals surface area contributed by atoms with Crippen molar-refractivity contribution in [2.75, 3.05) is 20.1 Å². The Hall–Kier alpha value is -1.95. The SMILES string of the molecule is CN(CCC(=O)O)C(=O)[C@H]1CCCN1Cc1ccc(F)cc1. The van der Waals surface area contributed by atoms with Gasteiger partial charge in [0.05, 0.1) is 12.5 Å². The highest BCUT2D eigenvalue weighted by Gasteiger charge is 2.32. The quantitative estimate of drug-likeness (QED) is 0.869. The first kappa shape index (κ1) is 16.4. The van der Waals surface area contributed by atoms with E-state index >= 15 is 0 Å². The van der Waals surface area contributed by atoms with Crippen molar-refractivity contribution in [2.45, 2.75) is 31.8 Å². The maximum atomic E-state index is 12.9. The Morgan fingerprint density at radius 2 is 2.05 bits per heavy atom. The van der Waals surface area contributed by atoms with Crippen molar-refractivity contribution in [3.8, 4) is 0 Å². The van der Waals surface area contributed by atoms with Crippen LogP contribution in [0.15, 0.2) is 24.3 Å². The van der Waals surface area contributed by atoms with Gasteiger partial charge in [-0.1, -0.05) is 12.1 Å². The first-order valence-corrected chi connectivity index (χ1v) is 7.42. The van der Waals surface area contributed by atoms with Crippen LogP contribution >= 0.6 is 0 Å². The molecule has 0 radical (unpaired) electrons. The standard InChI is InChI=1S/C16H21FN2O3/c1-18(10-8-15(20)21)16(22)14-3-2-9-19(14)11-12-4-6-13(17)7-5-12/h4-7,14H,2-3,8-11H2,1H3,(H,20,21)/t14-/m1/s1. The van der Waals surface area contributed by atoms with Crippen LogP contribution < -0.4 is 0 Å². The van der Waals surface area contributed by atoms with Crippen LogP contribution in [0.4, 0.5) is 4.39 Å². The van der Waals surface area contributed by atoms with E-state index in [9.17, 15) is 14.0 Å². The number of hydrogen-bond acceptors (Lipinski definition) is 3. The summed E-state index contributed by atoms with van der Waals surface area (Å²) in [5.41, 5.74) is 0.967. The number of likely N-dealkylation sites (N-methyl/N-ethyl adjacent to an activating group) is 1. The molecule has 22 heavy (non-hydrogen) atoms. The van der Waals surface area contributed by atoms with Crippen molar-refractivity contribution in [1.82, 2.24) is 9.80 Å². The number of carbonyl (C=O) groups excluding carboxylic acids is 1. The summed E-state index contributed by atoms with van der Waals surface area (Å²) in [6.07, 6.45) is 1.66. The highest BCUT2D eigenvalue weighted by molar-refractivity contribution is 5.82. The Morgan fingerprint density at radius 3 is 2.68 bits per heavy atom. The lowest BCUT2D eigenvalue weighted by Crippen LogP contribution is -2.44. The van der Waals surface area contributed by atoms with Gasteiger partial charge >= 0.3 is 5.97 Å². The van der Waals surface area contributed by atoms with Crippen molar-refractivity contribution < 1.29 is 19.1 Å². The zero-order valence-electron chi connectivity index (χ0n) is 12.7. The van der Waals surface area contributed by atoms with Gasteiger partial charge in [0.1, 0.15) is 5.82 Å². The van der Waals surface area contributed by atoms with Gasteiger partial charge in [-0.15, -0.1) is 0 Å². The average molecular weight is 308 g/mol. The van der Waals surface area contributed by atoms with Crippen molar-refractivity contribution in [1.29, 1.82) is 0 Å². The van der Waals surface area contributed by atoms with Crippen LogP contribution in [-0.4, -0.2) is 53.0 Å². The molecule has 6 heteroatoms. The van der Waals surface area contributed by atoms with Crippen LogP contribution in [0.3, 0.4) is 0 Å². The monoisotopic (exact) mass is 308 g/mol. The minimum absolute atomic E-state index is 0.0409. The second kappa shape index (κ2) is 7.35.